The predicted octanol–water partition coefficient (Wildman–Crippen LogP) is 4.29. The number of anilines is 1. The first kappa shape index (κ1) is 13.4. The van der Waals surface area contributed by atoms with Crippen molar-refractivity contribution in [2.45, 2.75) is 25.7 Å². The average Bonchev–Trinajstić information content (AvgIpc) is 2.75. The smallest absolute Gasteiger partial charge is 0.337 e. The average molecular weight is 389 g/mol. The summed E-state index contributed by atoms with van der Waals surface area (Å²) in [5, 5.41) is 9.37. The van der Waals surface area contributed by atoms with Crippen LogP contribution in [0.15, 0.2) is 21.1 Å². The maximum absolute atomic E-state index is 11.4. The Kier molecular flexibility index (Phi) is 3.38. The molecule has 102 valence electrons. The topological polar surface area (TPSA) is 40.5 Å². The van der Waals surface area contributed by atoms with Gasteiger partial charge in [-0.1, -0.05) is 28.8 Å². The first-order valence-corrected chi connectivity index (χ1v) is 8.07. The van der Waals surface area contributed by atoms with Crippen molar-refractivity contribution in [3.63, 3.8) is 0 Å². The lowest BCUT2D eigenvalue weighted by Gasteiger charge is -2.50. The third kappa shape index (κ3) is 2.31. The van der Waals surface area contributed by atoms with Crippen LogP contribution in [0.2, 0.25) is 0 Å². The largest absolute Gasteiger partial charge is 0.478 e. The molecular formula is C14H15Br2NO2. The molecule has 3 rings (SSSR count). The second kappa shape index (κ2) is 4.77. The number of aromatic carboxylic acids is 1. The van der Waals surface area contributed by atoms with E-state index in [-0.39, 0.29) is 0 Å². The minimum atomic E-state index is -0.871. The Morgan fingerprint density at radius 2 is 1.84 bits per heavy atom. The summed E-state index contributed by atoms with van der Waals surface area (Å²) in [5.74, 6) is -0.871. The molecular weight excluding hydrogens is 374 g/mol. The van der Waals surface area contributed by atoms with Crippen LogP contribution in [0, 0.1) is 5.41 Å². The summed E-state index contributed by atoms with van der Waals surface area (Å²) < 4.78 is 1.64. The molecule has 0 unspecified atom stereocenters. The van der Waals surface area contributed by atoms with Crippen LogP contribution in [-0.4, -0.2) is 24.2 Å². The highest BCUT2D eigenvalue weighted by Crippen LogP contribution is 2.49. The van der Waals surface area contributed by atoms with E-state index in [1.54, 1.807) is 6.07 Å². The van der Waals surface area contributed by atoms with Crippen molar-refractivity contribution in [2.24, 2.45) is 5.41 Å². The molecule has 0 bridgehead atoms. The van der Waals surface area contributed by atoms with E-state index in [9.17, 15) is 9.90 Å². The van der Waals surface area contributed by atoms with Crippen LogP contribution in [0.4, 0.5) is 5.69 Å². The molecule has 0 radical (unpaired) electrons. The van der Waals surface area contributed by atoms with Crippen molar-refractivity contribution in [1.29, 1.82) is 0 Å². The quantitative estimate of drug-likeness (QED) is 0.821. The number of halogens is 2. The van der Waals surface area contributed by atoms with Gasteiger partial charge in [-0.15, -0.1) is 0 Å². The van der Waals surface area contributed by atoms with Gasteiger partial charge in [0.2, 0.25) is 0 Å². The molecule has 1 N–H and O–H groups in total. The summed E-state index contributed by atoms with van der Waals surface area (Å²) in [4.78, 5) is 13.6. The van der Waals surface area contributed by atoms with Crippen molar-refractivity contribution >= 4 is 43.5 Å². The first-order valence-electron chi connectivity index (χ1n) is 6.48. The lowest BCUT2D eigenvalue weighted by atomic mass is 9.78. The highest BCUT2D eigenvalue weighted by Gasteiger charge is 2.45. The number of carboxylic acid groups (broad SMARTS) is 1. The van der Waals surface area contributed by atoms with Gasteiger partial charge in [0.25, 0.3) is 0 Å². The highest BCUT2D eigenvalue weighted by molar-refractivity contribution is 9.11. The van der Waals surface area contributed by atoms with E-state index >= 15 is 0 Å². The lowest BCUT2D eigenvalue weighted by Crippen LogP contribution is -2.55. The fourth-order valence-corrected chi connectivity index (χ4v) is 4.89. The molecule has 5 heteroatoms. The molecule has 1 aliphatic heterocycles. The number of carbonyl (C=O) groups is 1. The Bertz CT molecular complexity index is 530. The molecule has 0 atom stereocenters. The van der Waals surface area contributed by atoms with Crippen molar-refractivity contribution in [1.82, 2.24) is 0 Å². The van der Waals surface area contributed by atoms with E-state index in [0.717, 1.165) is 27.7 Å². The number of hydrogen-bond donors (Lipinski definition) is 1. The molecule has 0 aromatic heterocycles. The zero-order valence-corrected chi connectivity index (χ0v) is 13.6. The van der Waals surface area contributed by atoms with E-state index < -0.39 is 5.97 Å². The molecule has 2 aliphatic rings. The Hall–Kier alpha value is -0.550. The van der Waals surface area contributed by atoms with Crippen LogP contribution < -0.4 is 4.90 Å². The number of rotatable bonds is 2. The third-order valence-electron chi connectivity index (χ3n) is 4.29. The fraction of sp³-hybridized carbons (Fsp3) is 0.500. The van der Waals surface area contributed by atoms with Gasteiger partial charge in [0.1, 0.15) is 0 Å². The molecule has 1 saturated carbocycles. The number of nitrogens with zero attached hydrogens (tertiary/aromatic N) is 1. The second-order valence-corrected chi connectivity index (χ2v) is 7.42. The summed E-state index contributed by atoms with van der Waals surface area (Å²) in [6.07, 6.45) is 5.22. The summed E-state index contributed by atoms with van der Waals surface area (Å²) >= 11 is 6.86. The number of carboxylic acids is 1. The molecule has 0 amide bonds. The van der Waals surface area contributed by atoms with Crippen molar-refractivity contribution in [2.75, 3.05) is 18.0 Å². The van der Waals surface area contributed by atoms with Gasteiger partial charge in [-0.25, -0.2) is 4.79 Å². The van der Waals surface area contributed by atoms with E-state index in [4.69, 9.17) is 0 Å². The zero-order valence-electron chi connectivity index (χ0n) is 10.5. The molecule has 1 aromatic carbocycles. The minimum Gasteiger partial charge on any atom is -0.478 e. The van der Waals surface area contributed by atoms with Gasteiger partial charge >= 0.3 is 5.97 Å². The molecule has 1 aliphatic carbocycles. The van der Waals surface area contributed by atoms with Gasteiger partial charge in [-0.05, 0) is 40.9 Å². The van der Waals surface area contributed by atoms with Crippen LogP contribution >= 0.6 is 31.9 Å². The van der Waals surface area contributed by atoms with Crippen LogP contribution in [0.1, 0.15) is 36.0 Å². The monoisotopic (exact) mass is 387 g/mol. The van der Waals surface area contributed by atoms with Crippen LogP contribution in [0.25, 0.3) is 0 Å². The summed E-state index contributed by atoms with van der Waals surface area (Å²) in [7, 11) is 0. The van der Waals surface area contributed by atoms with Crippen LogP contribution in [0.5, 0.6) is 0 Å². The van der Waals surface area contributed by atoms with E-state index in [2.05, 4.69) is 36.8 Å². The molecule has 2 fully saturated rings. The Morgan fingerprint density at radius 1 is 1.21 bits per heavy atom. The van der Waals surface area contributed by atoms with Gasteiger partial charge in [0, 0.05) is 27.4 Å². The van der Waals surface area contributed by atoms with Crippen LogP contribution in [-0.2, 0) is 0 Å². The Balaban J connectivity index is 1.91. The minimum absolute atomic E-state index is 0.370. The molecule has 1 saturated heterocycles. The van der Waals surface area contributed by atoms with Gasteiger partial charge in [0.15, 0.2) is 0 Å². The van der Waals surface area contributed by atoms with Gasteiger partial charge in [0.05, 0.1) is 11.3 Å². The normalized spacial score (nSPS) is 20.6. The first-order chi connectivity index (χ1) is 9.01. The molecule has 1 aromatic rings. The molecule has 3 nitrogen and oxygen atoms in total. The second-order valence-electron chi connectivity index (χ2n) is 5.65. The molecule has 1 heterocycles. The fourth-order valence-electron chi connectivity index (χ4n) is 3.41. The summed E-state index contributed by atoms with van der Waals surface area (Å²) in [6.45, 7) is 1.99. The van der Waals surface area contributed by atoms with Crippen molar-refractivity contribution in [3.8, 4) is 0 Å². The van der Waals surface area contributed by atoms with E-state index in [1.165, 1.54) is 25.7 Å². The zero-order chi connectivity index (χ0) is 13.6. The van der Waals surface area contributed by atoms with E-state index in [1.807, 2.05) is 6.07 Å². The molecule has 1 spiro atoms. The van der Waals surface area contributed by atoms with Gasteiger partial charge in [-0.3, -0.25) is 0 Å². The van der Waals surface area contributed by atoms with Crippen molar-refractivity contribution < 1.29 is 9.90 Å². The summed E-state index contributed by atoms with van der Waals surface area (Å²) in [5.41, 5.74) is 1.66. The summed E-state index contributed by atoms with van der Waals surface area (Å²) in [6, 6.07) is 3.60. The Labute approximate surface area is 129 Å². The Morgan fingerprint density at radius 3 is 2.42 bits per heavy atom. The lowest BCUT2D eigenvalue weighted by molar-refractivity contribution is 0.0696. The predicted molar refractivity (Wildman–Crippen MR) is 81.9 cm³/mol. The third-order valence-corrected chi connectivity index (χ3v) is 5.35. The van der Waals surface area contributed by atoms with Crippen LogP contribution in [0.3, 0.4) is 0 Å². The maximum Gasteiger partial charge on any atom is 0.337 e. The van der Waals surface area contributed by atoms with Crippen molar-refractivity contribution in [3.05, 3.63) is 26.6 Å². The number of hydrogen-bond acceptors (Lipinski definition) is 2. The van der Waals surface area contributed by atoms with Gasteiger partial charge in [-0.2, -0.15) is 0 Å². The van der Waals surface area contributed by atoms with E-state index in [0.29, 0.717) is 11.0 Å². The standard InChI is InChI=1S/C14H15Br2NO2/c15-9-5-10(13(18)19)12(11(16)6-9)17-7-14(8-17)3-1-2-4-14/h5-6H,1-4,7-8H2,(H,18,19). The maximum atomic E-state index is 11.4. The number of benzene rings is 1. The molecule has 19 heavy (non-hydrogen) atoms. The SMILES string of the molecule is O=C(O)c1cc(Br)cc(Br)c1N1CC2(CCCC2)C1. The highest BCUT2D eigenvalue weighted by atomic mass is 79.9. The van der Waals surface area contributed by atoms with Gasteiger partial charge < -0.3 is 10.0 Å².